The van der Waals surface area contributed by atoms with Crippen LogP contribution in [0.3, 0.4) is 0 Å². The Hall–Kier alpha value is -3.38. The van der Waals surface area contributed by atoms with Crippen LogP contribution in [0.25, 0.3) is 6.08 Å². The van der Waals surface area contributed by atoms with Gasteiger partial charge >= 0.3 is 0 Å². The van der Waals surface area contributed by atoms with Gasteiger partial charge < -0.3 is 15.2 Å². The van der Waals surface area contributed by atoms with Crippen LogP contribution in [-0.4, -0.2) is 16.0 Å². The van der Waals surface area contributed by atoms with Crippen LogP contribution in [0.4, 0.5) is 10.1 Å². The number of nitrogens with zero attached hydrogens (tertiary/aromatic N) is 1. The first-order valence-electron chi connectivity index (χ1n) is 8.19. The van der Waals surface area contributed by atoms with Gasteiger partial charge in [-0.1, -0.05) is 12.1 Å². The number of amides is 1. The second kappa shape index (κ2) is 10.1. The van der Waals surface area contributed by atoms with Gasteiger partial charge in [0, 0.05) is 30.2 Å². The van der Waals surface area contributed by atoms with E-state index in [9.17, 15) is 14.3 Å². The van der Waals surface area contributed by atoms with E-state index in [1.54, 1.807) is 36.7 Å². The molecule has 1 heterocycles. The van der Waals surface area contributed by atoms with Crippen LogP contribution in [-0.2, 0) is 11.4 Å². The minimum Gasteiger partial charge on any atom is -0.505 e. The topological polar surface area (TPSA) is 71.5 Å². The number of hydrogen-bond acceptors (Lipinski definition) is 4. The third-order valence-corrected chi connectivity index (χ3v) is 3.65. The molecule has 0 aliphatic carbocycles. The summed E-state index contributed by atoms with van der Waals surface area (Å²) in [7, 11) is 0. The molecular formula is C21H18ClFN2O3. The molecule has 28 heavy (non-hydrogen) atoms. The number of carbonyl (C=O) groups excluding carboxylic acids is 1. The highest BCUT2D eigenvalue weighted by Gasteiger charge is 2.03. The summed E-state index contributed by atoms with van der Waals surface area (Å²) in [6.07, 6.45) is 6.18. The monoisotopic (exact) mass is 400 g/mol. The fourth-order valence-corrected chi connectivity index (χ4v) is 2.30. The van der Waals surface area contributed by atoms with Crippen molar-refractivity contribution in [3.63, 3.8) is 0 Å². The summed E-state index contributed by atoms with van der Waals surface area (Å²) in [5.74, 6) is -0.904. The Kier molecular flexibility index (Phi) is 7.54. The lowest BCUT2D eigenvalue weighted by molar-refractivity contribution is -0.111. The van der Waals surface area contributed by atoms with Gasteiger partial charge in [-0.25, -0.2) is 4.39 Å². The first kappa shape index (κ1) is 20.9. The van der Waals surface area contributed by atoms with Crippen molar-refractivity contribution in [1.82, 2.24) is 4.98 Å². The molecule has 0 saturated heterocycles. The molecule has 0 fully saturated rings. The van der Waals surface area contributed by atoms with Crippen LogP contribution in [0.5, 0.6) is 11.5 Å². The van der Waals surface area contributed by atoms with E-state index in [0.717, 1.165) is 11.6 Å². The Morgan fingerprint density at radius 3 is 2.68 bits per heavy atom. The number of phenolic OH excluding ortho intramolecular Hbond substituents is 1. The molecular weight excluding hydrogens is 383 g/mol. The van der Waals surface area contributed by atoms with E-state index in [0.29, 0.717) is 23.6 Å². The van der Waals surface area contributed by atoms with E-state index in [4.69, 9.17) is 4.74 Å². The maximum atomic E-state index is 13.0. The molecule has 5 nitrogen and oxygen atoms in total. The van der Waals surface area contributed by atoms with Gasteiger partial charge in [0.15, 0.2) is 11.6 Å². The maximum absolute atomic E-state index is 13.0. The van der Waals surface area contributed by atoms with Crippen LogP contribution in [0, 0.1) is 5.82 Å². The highest BCUT2D eigenvalue weighted by atomic mass is 35.5. The van der Waals surface area contributed by atoms with Crippen molar-refractivity contribution in [3.8, 4) is 11.5 Å². The molecule has 0 saturated carbocycles. The van der Waals surface area contributed by atoms with Crippen molar-refractivity contribution in [2.24, 2.45) is 0 Å². The predicted molar refractivity (Wildman–Crippen MR) is 108 cm³/mol. The summed E-state index contributed by atoms with van der Waals surface area (Å²) in [5, 5.41) is 12.1. The van der Waals surface area contributed by atoms with Gasteiger partial charge in [-0.05, 0) is 53.6 Å². The molecule has 3 rings (SSSR count). The number of nitrogens with one attached hydrogen (secondary N) is 1. The summed E-state index contributed by atoms with van der Waals surface area (Å²) in [6.45, 7) is 0.397. The Labute approximate surface area is 167 Å². The number of aromatic hydroxyl groups is 1. The van der Waals surface area contributed by atoms with Crippen LogP contribution in [0.2, 0.25) is 0 Å². The average Bonchev–Trinajstić information content (AvgIpc) is 2.68. The Morgan fingerprint density at radius 2 is 1.93 bits per heavy atom. The molecule has 2 aromatic carbocycles. The summed E-state index contributed by atoms with van der Waals surface area (Å²) >= 11 is 0. The molecule has 2 N–H and O–H groups in total. The van der Waals surface area contributed by atoms with Crippen molar-refractivity contribution < 1.29 is 19.0 Å². The number of anilines is 1. The van der Waals surface area contributed by atoms with Gasteiger partial charge in [0.25, 0.3) is 0 Å². The predicted octanol–water partition coefficient (Wildman–Crippen LogP) is 4.58. The van der Waals surface area contributed by atoms with E-state index < -0.39 is 11.6 Å². The largest absolute Gasteiger partial charge is 0.505 e. The molecule has 1 amide bonds. The number of phenols is 1. The third-order valence-electron chi connectivity index (χ3n) is 3.65. The van der Waals surface area contributed by atoms with Gasteiger partial charge in [-0.15, -0.1) is 12.4 Å². The lowest BCUT2D eigenvalue weighted by Gasteiger charge is -2.08. The van der Waals surface area contributed by atoms with E-state index in [1.807, 2.05) is 12.1 Å². The summed E-state index contributed by atoms with van der Waals surface area (Å²) in [6, 6.07) is 14.6. The molecule has 7 heteroatoms. The van der Waals surface area contributed by atoms with Gasteiger partial charge in [-0.2, -0.15) is 0 Å². The number of rotatable bonds is 6. The van der Waals surface area contributed by atoms with Gasteiger partial charge in [0.1, 0.15) is 12.4 Å². The van der Waals surface area contributed by atoms with E-state index in [-0.39, 0.29) is 18.3 Å². The smallest absolute Gasteiger partial charge is 0.248 e. The van der Waals surface area contributed by atoms with Crippen molar-refractivity contribution in [2.45, 2.75) is 6.61 Å². The molecule has 0 spiro atoms. The van der Waals surface area contributed by atoms with E-state index in [1.165, 1.54) is 24.3 Å². The SMILES string of the molecule is Cl.O=C(/C=C/c1ccc(F)c(O)c1)Nc1cccc(OCc2ccncc2)c1. The zero-order valence-electron chi connectivity index (χ0n) is 14.7. The fourth-order valence-electron chi connectivity index (χ4n) is 2.30. The number of pyridine rings is 1. The molecule has 3 aromatic rings. The lowest BCUT2D eigenvalue weighted by Crippen LogP contribution is -2.07. The number of carbonyl (C=O) groups is 1. The highest BCUT2D eigenvalue weighted by molar-refractivity contribution is 6.02. The average molecular weight is 401 g/mol. The molecule has 0 aliphatic heterocycles. The lowest BCUT2D eigenvalue weighted by atomic mass is 10.2. The van der Waals surface area contributed by atoms with Gasteiger partial charge in [0.2, 0.25) is 5.91 Å². The highest BCUT2D eigenvalue weighted by Crippen LogP contribution is 2.19. The van der Waals surface area contributed by atoms with Crippen molar-refractivity contribution in [3.05, 3.63) is 90.0 Å². The molecule has 0 aliphatic rings. The van der Waals surface area contributed by atoms with Crippen LogP contribution < -0.4 is 10.1 Å². The molecule has 0 unspecified atom stereocenters. The third kappa shape index (κ3) is 6.10. The van der Waals surface area contributed by atoms with Gasteiger partial charge in [0.05, 0.1) is 0 Å². The Morgan fingerprint density at radius 1 is 1.14 bits per heavy atom. The zero-order chi connectivity index (χ0) is 19.1. The number of halogens is 2. The summed E-state index contributed by atoms with van der Waals surface area (Å²) in [5.41, 5.74) is 2.09. The fraction of sp³-hybridized carbons (Fsp3) is 0.0476. The van der Waals surface area contributed by atoms with Crippen LogP contribution >= 0.6 is 12.4 Å². The second-order valence-corrected chi connectivity index (χ2v) is 5.71. The van der Waals surface area contributed by atoms with Crippen LogP contribution in [0.15, 0.2) is 73.1 Å². The Balaban J connectivity index is 0.00000280. The molecule has 144 valence electrons. The standard InChI is InChI=1S/C21H17FN2O3.ClH/c22-19-6-4-15(12-20(19)25)5-7-21(26)24-17-2-1-3-18(13-17)27-14-16-8-10-23-11-9-16;/h1-13,25H,14H2,(H,24,26);1H/b7-5+;. The minimum atomic E-state index is -0.708. The van der Waals surface area contributed by atoms with Crippen molar-refractivity contribution in [1.29, 1.82) is 0 Å². The summed E-state index contributed by atoms with van der Waals surface area (Å²) < 4.78 is 18.7. The number of aromatic nitrogens is 1. The van der Waals surface area contributed by atoms with Crippen molar-refractivity contribution in [2.75, 3.05) is 5.32 Å². The normalized spacial score (nSPS) is 10.3. The van der Waals surface area contributed by atoms with E-state index >= 15 is 0 Å². The molecule has 0 atom stereocenters. The zero-order valence-corrected chi connectivity index (χ0v) is 15.5. The Bertz CT molecular complexity index is 965. The molecule has 0 bridgehead atoms. The quantitative estimate of drug-likeness (QED) is 0.594. The number of hydrogen-bond donors (Lipinski definition) is 2. The van der Waals surface area contributed by atoms with Gasteiger partial charge in [-0.3, -0.25) is 9.78 Å². The number of benzene rings is 2. The first-order valence-corrected chi connectivity index (χ1v) is 8.19. The maximum Gasteiger partial charge on any atom is 0.248 e. The number of ether oxygens (including phenoxy) is 1. The summed E-state index contributed by atoms with van der Waals surface area (Å²) in [4.78, 5) is 16.0. The molecule has 1 aromatic heterocycles. The molecule has 0 radical (unpaired) electrons. The minimum absolute atomic E-state index is 0. The van der Waals surface area contributed by atoms with Crippen molar-refractivity contribution >= 4 is 30.1 Å². The van der Waals surface area contributed by atoms with E-state index in [2.05, 4.69) is 10.3 Å². The second-order valence-electron chi connectivity index (χ2n) is 5.71. The first-order chi connectivity index (χ1) is 13.1. The van der Waals surface area contributed by atoms with Crippen LogP contribution in [0.1, 0.15) is 11.1 Å².